The Morgan fingerprint density at radius 2 is 1.39 bits per heavy atom. The van der Waals surface area contributed by atoms with E-state index >= 15 is 0 Å². The van der Waals surface area contributed by atoms with E-state index in [2.05, 4.69) is 4.74 Å². The van der Waals surface area contributed by atoms with E-state index in [1.807, 2.05) is 6.92 Å². The third-order valence-corrected chi connectivity index (χ3v) is 10.2. The summed E-state index contributed by atoms with van der Waals surface area (Å²) in [7, 11) is 0. The largest absolute Gasteiger partial charge is 0.573 e. The Balaban J connectivity index is 1.74. The van der Waals surface area contributed by atoms with Crippen LogP contribution >= 0.6 is 11.8 Å². The summed E-state index contributed by atoms with van der Waals surface area (Å²) < 4.78 is 171. The van der Waals surface area contributed by atoms with Crippen molar-refractivity contribution in [1.29, 1.82) is 0 Å². The molecule has 0 N–H and O–H groups in total. The van der Waals surface area contributed by atoms with Crippen molar-refractivity contribution >= 4 is 28.7 Å². The first-order chi connectivity index (χ1) is 25.6. The molecular weight excluding hydrogens is 789 g/mol. The molecule has 0 aliphatic carbocycles. The molecule has 56 heavy (non-hydrogen) atoms. The van der Waals surface area contributed by atoms with E-state index in [-0.39, 0.29) is 39.8 Å². The van der Waals surface area contributed by atoms with E-state index in [4.69, 9.17) is 9.15 Å². The van der Waals surface area contributed by atoms with Gasteiger partial charge in [-0.25, -0.2) is 4.79 Å². The molecule has 0 saturated heterocycles. The third kappa shape index (κ3) is 11.3. The number of ether oxygens (including phenoxy) is 2. The molecule has 2 aromatic carbocycles. The highest BCUT2D eigenvalue weighted by atomic mass is 32.2. The van der Waals surface area contributed by atoms with Crippen molar-refractivity contribution in [3.63, 3.8) is 0 Å². The van der Waals surface area contributed by atoms with Gasteiger partial charge in [0.25, 0.3) is 0 Å². The number of esters is 1. The number of unbranched alkanes of at least 4 members (excludes halogenated alkanes) is 2. The van der Waals surface area contributed by atoms with Gasteiger partial charge in [0, 0.05) is 28.0 Å². The van der Waals surface area contributed by atoms with E-state index in [1.54, 1.807) is 33.8 Å². The molecule has 0 spiro atoms. The fraction of sp³-hybridized carbons (Fsp3) is 0.590. The van der Waals surface area contributed by atoms with Crippen LogP contribution in [0.15, 0.2) is 56.6 Å². The molecule has 0 aliphatic heterocycles. The van der Waals surface area contributed by atoms with E-state index in [0.29, 0.717) is 30.2 Å². The molecule has 0 amide bonds. The summed E-state index contributed by atoms with van der Waals surface area (Å²) in [4.78, 5) is 25.5. The number of carbonyl (C=O) groups is 1. The summed E-state index contributed by atoms with van der Waals surface area (Å²) in [6, 6.07) is 8.87. The highest BCUT2D eigenvalue weighted by molar-refractivity contribution is 7.99. The molecule has 1 unspecified atom stereocenters. The fourth-order valence-electron chi connectivity index (χ4n) is 6.13. The predicted molar refractivity (Wildman–Crippen MR) is 191 cm³/mol. The van der Waals surface area contributed by atoms with Gasteiger partial charge in [0.1, 0.15) is 11.3 Å². The lowest BCUT2D eigenvalue weighted by Gasteiger charge is -2.37. The number of benzene rings is 2. The van der Waals surface area contributed by atoms with Crippen molar-refractivity contribution in [2.45, 2.75) is 128 Å². The van der Waals surface area contributed by atoms with Crippen LogP contribution < -0.4 is 10.4 Å². The molecule has 3 rings (SSSR count). The Kier molecular flexibility index (Phi) is 14.7. The third-order valence-electron chi connectivity index (χ3n) is 9.18. The minimum atomic E-state index is -6.55. The number of hydrogen-bond acceptors (Lipinski definition) is 6. The molecule has 0 aliphatic rings. The Morgan fingerprint density at radius 1 is 0.768 bits per heavy atom. The topological polar surface area (TPSA) is 65.7 Å². The molecule has 1 atom stereocenters. The molecule has 0 saturated carbocycles. The smallest absolute Gasteiger partial charge is 0.465 e. The minimum absolute atomic E-state index is 0.0227. The molecule has 3 aromatic rings. The summed E-state index contributed by atoms with van der Waals surface area (Å²) in [5, 5.41) is 0.159. The predicted octanol–water partition coefficient (Wildman–Crippen LogP) is 12.9. The van der Waals surface area contributed by atoms with E-state index in [1.165, 1.54) is 37.3 Å². The van der Waals surface area contributed by atoms with Crippen LogP contribution in [0.4, 0.5) is 48.3 Å². The Hall–Kier alpha value is -3.50. The number of carbonyl (C=O) groups excluding carboxylic acids is 1. The second-order valence-corrected chi connectivity index (χ2v) is 16.3. The monoisotopic (exact) mass is 834 g/mol. The maximum atomic E-state index is 14.7. The molecule has 0 radical (unpaired) electrons. The Morgan fingerprint density at radius 3 is 1.96 bits per heavy atom. The molecule has 314 valence electrons. The zero-order valence-corrected chi connectivity index (χ0v) is 32.5. The van der Waals surface area contributed by atoms with Crippen LogP contribution in [0.2, 0.25) is 0 Å². The van der Waals surface area contributed by atoms with Gasteiger partial charge >= 0.3 is 41.6 Å². The van der Waals surface area contributed by atoms with Crippen LogP contribution in [-0.4, -0.2) is 48.4 Å². The van der Waals surface area contributed by atoms with Gasteiger partial charge in [-0.1, -0.05) is 65.7 Å². The zero-order chi connectivity index (χ0) is 42.5. The lowest BCUT2D eigenvalue weighted by atomic mass is 9.73. The highest BCUT2D eigenvalue weighted by Gasteiger charge is 2.79. The van der Waals surface area contributed by atoms with Crippen molar-refractivity contribution < 1.29 is 67.0 Å². The number of thioether (sulfide) groups is 1. The van der Waals surface area contributed by atoms with Crippen molar-refractivity contribution in [3.8, 4) is 16.9 Å². The molecular formula is C39H45F11O5S. The van der Waals surface area contributed by atoms with Crippen molar-refractivity contribution in [2.75, 3.05) is 12.4 Å². The lowest BCUT2D eigenvalue weighted by Crippen LogP contribution is -2.62. The number of rotatable bonds is 19. The first-order valence-electron chi connectivity index (χ1n) is 17.9. The van der Waals surface area contributed by atoms with Crippen molar-refractivity contribution in [1.82, 2.24) is 0 Å². The quantitative estimate of drug-likeness (QED) is 0.0394. The van der Waals surface area contributed by atoms with Crippen LogP contribution in [0, 0.1) is 10.8 Å². The molecule has 1 heterocycles. The summed E-state index contributed by atoms with van der Waals surface area (Å²) in [5.74, 6) is -27.1. The normalized spacial score (nSPS) is 14.5. The first kappa shape index (κ1) is 46.9. The Bertz CT molecular complexity index is 1870. The van der Waals surface area contributed by atoms with Gasteiger partial charge in [0.2, 0.25) is 0 Å². The molecule has 5 nitrogen and oxygen atoms in total. The number of hydrogen-bond donors (Lipinski definition) is 0. The summed E-state index contributed by atoms with van der Waals surface area (Å²) >= 11 is 0.436. The number of halogens is 11. The summed E-state index contributed by atoms with van der Waals surface area (Å²) in [6.45, 7) is 8.97. The lowest BCUT2D eigenvalue weighted by molar-refractivity contribution is -0.367. The van der Waals surface area contributed by atoms with Crippen molar-refractivity contribution in [3.05, 3.63) is 58.4 Å². The van der Waals surface area contributed by atoms with Gasteiger partial charge in [-0.2, -0.15) is 35.1 Å². The van der Waals surface area contributed by atoms with E-state index < -0.39 is 83.4 Å². The average molecular weight is 835 g/mol. The van der Waals surface area contributed by atoms with E-state index in [0.717, 1.165) is 18.9 Å². The van der Waals surface area contributed by atoms with Gasteiger partial charge in [0.05, 0.1) is 24.0 Å². The SMILES string of the molecule is CCCCCc1ccc(-c2cc3ccc(SCCC(F)(F)C(F)(F)C(F)(F)C(F)(F)CCOC(=O)C(C)(CC)CC(C)(C)C)cc3oc2=O)c(OC(F)(F)F)c1. The molecule has 17 heteroatoms. The van der Waals surface area contributed by atoms with Crippen LogP contribution in [0.3, 0.4) is 0 Å². The number of fused-ring (bicyclic) bond motifs is 1. The second kappa shape index (κ2) is 17.6. The van der Waals surface area contributed by atoms with Gasteiger partial charge in [0.15, 0.2) is 0 Å². The average Bonchev–Trinajstić information content (AvgIpc) is 3.06. The van der Waals surface area contributed by atoms with Crippen LogP contribution in [0.1, 0.15) is 92.1 Å². The van der Waals surface area contributed by atoms with Crippen molar-refractivity contribution in [2.24, 2.45) is 10.8 Å². The number of aryl methyl sites for hydroxylation is 1. The minimum Gasteiger partial charge on any atom is -0.465 e. The van der Waals surface area contributed by atoms with Gasteiger partial charge < -0.3 is 13.9 Å². The molecule has 1 aromatic heterocycles. The standard InChI is InChI=1S/C39H45F11O5S/c1-7-9-10-11-24-12-15-27(30(20-24)55-39(48,49)50)28-21-25-13-14-26(22-29(25)54-31(28)51)56-19-17-36(42,43)38(46,47)37(44,45)35(40,41)16-18-53-32(52)34(6,8-2)23-33(3,4)5/h12-15,20-22H,7-11,16-19,23H2,1-6H3. The molecule has 0 bridgehead atoms. The summed E-state index contributed by atoms with van der Waals surface area (Å²) in [6.07, 6.45) is -5.92. The van der Waals surface area contributed by atoms with Gasteiger partial charge in [-0.3, -0.25) is 4.79 Å². The molecule has 0 fully saturated rings. The maximum Gasteiger partial charge on any atom is 0.573 e. The van der Waals surface area contributed by atoms with Gasteiger partial charge in [-0.05, 0) is 67.9 Å². The van der Waals surface area contributed by atoms with Crippen LogP contribution in [-0.2, 0) is 16.0 Å². The maximum absolute atomic E-state index is 14.7. The zero-order valence-electron chi connectivity index (χ0n) is 31.7. The van der Waals surface area contributed by atoms with Crippen LogP contribution in [0.5, 0.6) is 5.75 Å². The fourth-order valence-corrected chi connectivity index (χ4v) is 7.08. The first-order valence-corrected chi connectivity index (χ1v) is 18.9. The second-order valence-electron chi connectivity index (χ2n) is 15.2. The summed E-state index contributed by atoms with van der Waals surface area (Å²) in [5.41, 5.74) is -2.89. The highest BCUT2D eigenvalue weighted by Crippen LogP contribution is 2.55. The van der Waals surface area contributed by atoms with E-state index in [9.17, 15) is 57.9 Å². The van der Waals surface area contributed by atoms with Crippen LogP contribution in [0.25, 0.3) is 22.1 Å². The van der Waals surface area contributed by atoms with Gasteiger partial charge in [-0.15, -0.1) is 24.9 Å². The number of alkyl halides is 11. The Labute approximate surface area is 321 Å².